The Bertz CT molecular complexity index is 3120. The number of ether oxygens (including phenoxy) is 1. The fourth-order valence-electron chi connectivity index (χ4n) is 10.4. The van der Waals surface area contributed by atoms with E-state index in [1.807, 2.05) is 11.3 Å². The van der Waals surface area contributed by atoms with Crippen molar-refractivity contribution in [2.45, 2.75) is 97.8 Å². The largest absolute Gasteiger partial charge is 0.458 e. The summed E-state index contributed by atoms with van der Waals surface area (Å²) < 4.78 is 8.64. The van der Waals surface area contributed by atoms with Gasteiger partial charge in [0, 0.05) is 49.1 Å². The molecule has 3 nitrogen and oxygen atoms in total. The predicted molar refractivity (Wildman–Crippen MR) is 276 cm³/mol. The number of para-hydroxylation sites is 2. The summed E-state index contributed by atoms with van der Waals surface area (Å²) in [6, 6.07) is 54.9. The number of hydrogen-bond donors (Lipinski definition) is 0. The molecule has 0 fully saturated rings. The Morgan fingerprint density at radius 1 is 0.531 bits per heavy atom. The van der Waals surface area contributed by atoms with Crippen LogP contribution in [0.4, 0.5) is 34.1 Å². The minimum absolute atomic E-state index is 0.0164. The van der Waals surface area contributed by atoms with Crippen molar-refractivity contribution in [2.75, 3.05) is 9.80 Å². The molecule has 0 unspecified atom stereocenters. The van der Waals surface area contributed by atoms with E-state index in [2.05, 4.69) is 232 Å². The molecule has 5 heteroatoms. The fourth-order valence-corrected chi connectivity index (χ4v) is 11.6. The van der Waals surface area contributed by atoms with E-state index in [0.717, 1.165) is 28.6 Å². The van der Waals surface area contributed by atoms with E-state index in [1.165, 1.54) is 81.8 Å². The van der Waals surface area contributed by atoms with Crippen LogP contribution >= 0.6 is 11.3 Å². The summed E-state index contributed by atoms with van der Waals surface area (Å²) in [5.74, 6) is 1.91. The number of anilines is 6. The third-order valence-corrected chi connectivity index (χ3v) is 15.6. The lowest BCUT2D eigenvalue weighted by atomic mass is 9.34. The lowest BCUT2D eigenvalue weighted by Crippen LogP contribution is -2.59. The Morgan fingerprint density at radius 2 is 1.17 bits per heavy atom. The summed E-state index contributed by atoms with van der Waals surface area (Å²) in [5, 5.41) is 1.31. The zero-order chi connectivity index (χ0) is 44.7. The van der Waals surface area contributed by atoms with Crippen molar-refractivity contribution in [3.63, 3.8) is 0 Å². The minimum atomic E-state index is -0.259. The SMILES string of the molecule is CC(C)(C)c1ccc(N2c3cc4sc(C(C)(C)C)cc4cc3B3c4cc5c(cc4Oc4cc(C(C)(C)C)cc2c43)-c2ccc(N(c3ccccc3)c3ccccc3)cc2C5(C)C)cc1. The molecule has 0 saturated carbocycles. The Labute approximate surface area is 384 Å². The number of fused-ring (bicyclic) bond motifs is 8. The number of thiophene rings is 1. The Kier molecular flexibility index (Phi) is 8.90. The van der Waals surface area contributed by atoms with Crippen molar-refractivity contribution in [1.82, 2.24) is 0 Å². The molecule has 0 bridgehead atoms. The molecule has 318 valence electrons. The molecule has 64 heavy (non-hydrogen) atoms. The molecule has 0 saturated heterocycles. The molecular weight excluding hydrogens is 796 g/mol. The van der Waals surface area contributed by atoms with Gasteiger partial charge in [0.15, 0.2) is 0 Å². The first kappa shape index (κ1) is 40.7. The number of hydrogen-bond acceptors (Lipinski definition) is 4. The zero-order valence-corrected chi connectivity index (χ0v) is 40.0. The van der Waals surface area contributed by atoms with Crippen LogP contribution in [0.3, 0.4) is 0 Å². The molecule has 2 aliphatic heterocycles. The Balaban J connectivity index is 1.13. The maximum atomic E-state index is 7.31. The average Bonchev–Trinajstić information content (AvgIpc) is 3.78. The molecule has 0 radical (unpaired) electrons. The molecule has 8 aromatic rings. The van der Waals surface area contributed by atoms with Crippen LogP contribution in [0, 0.1) is 0 Å². The minimum Gasteiger partial charge on any atom is -0.458 e. The zero-order valence-electron chi connectivity index (χ0n) is 39.1. The van der Waals surface area contributed by atoms with Crippen LogP contribution in [-0.4, -0.2) is 6.71 Å². The van der Waals surface area contributed by atoms with Gasteiger partial charge in [0.2, 0.25) is 0 Å². The Hall–Kier alpha value is -6.04. The fraction of sp³-hybridized carbons (Fsp3) is 0.254. The van der Waals surface area contributed by atoms with E-state index in [0.29, 0.717) is 0 Å². The van der Waals surface area contributed by atoms with Gasteiger partial charge in [0.25, 0.3) is 6.71 Å². The standard InChI is InChI=1S/C59H57BN2OS/c1-56(2,3)37-22-24-41(25-23-37)62-49-35-53-36(29-54(64-53)58(7,8)9)28-47(49)60-48-34-46-44(33-51(48)63-52-31-38(57(4,5)6)30-50(62)55(52)60)43-27-26-42(32-45(43)59(46,10)11)61(39-18-14-12-15-19-39)40-20-16-13-17-21-40/h12-35H,1-11H3. The third-order valence-electron chi connectivity index (χ3n) is 14.1. The monoisotopic (exact) mass is 852 g/mol. The van der Waals surface area contributed by atoms with Gasteiger partial charge >= 0.3 is 0 Å². The van der Waals surface area contributed by atoms with Gasteiger partial charge < -0.3 is 14.5 Å². The van der Waals surface area contributed by atoms with E-state index in [9.17, 15) is 0 Å². The molecule has 0 spiro atoms. The van der Waals surface area contributed by atoms with Gasteiger partial charge in [-0.1, -0.05) is 143 Å². The van der Waals surface area contributed by atoms with Crippen LogP contribution in [0.15, 0.2) is 146 Å². The molecule has 1 aromatic heterocycles. The summed E-state index contributed by atoms with van der Waals surface area (Å²) in [7, 11) is 0. The first-order valence-electron chi connectivity index (χ1n) is 22.9. The summed E-state index contributed by atoms with van der Waals surface area (Å²) >= 11 is 1.93. The number of nitrogens with zero attached hydrogens (tertiary/aromatic N) is 2. The van der Waals surface area contributed by atoms with Gasteiger partial charge in [-0.05, 0) is 150 Å². The maximum Gasteiger partial charge on any atom is 0.256 e. The molecule has 0 N–H and O–H groups in total. The molecular formula is C59H57BN2OS. The smallest absolute Gasteiger partial charge is 0.256 e. The van der Waals surface area contributed by atoms with Gasteiger partial charge in [-0.3, -0.25) is 0 Å². The first-order chi connectivity index (χ1) is 30.4. The van der Waals surface area contributed by atoms with E-state index >= 15 is 0 Å². The third kappa shape index (κ3) is 6.37. The molecule has 11 rings (SSSR count). The van der Waals surface area contributed by atoms with E-state index in [4.69, 9.17) is 4.74 Å². The molecule has 3 heterocycles. The average molecular weight is 853 g/mol. The second-order valence-electron chi connectivity index (χ2n) is 21.9. The predicted octanol–water partition coefficient (Wildman–Crippen LogP) is 15.0. The molecule has 0 atom stereocenters. The quantitative estimate of drug-likeness (QED) is 0.164. The summed E-state index contributed by atoms with van der Waals surface area (Å²) in [5.41, 5.74) is 18.4. The van der Waals surface area contributed by atoms with Crippen LogP contribution in [0.25, 0.3) is 21.2 Å². The first-order valence-corrected chi connectivity index (χ1v) is 23.8. The van der Waals surface area contributed by atoms with Crippen LogP contribution in [-0.2, 0) is 21.7 Å². The summed E-state index contributed by atoms with van der Waals surface area (Å²) in [4.78, 5) is 6.31. The topological polar surface area (TPSA) is 15.7 Å². The molecule has 1 aliphatic carbocycles. The van der Waals surface area contributed by atoms with Crippen LogP contribution in [0.1, 0.15) is 103 Å². The van der Waals surface area contributed by atoms with Crippen molar-refractivity contribution in [3.05, 3.63) is 173 Å². The van der Waals surface area contributed by atoms with Crippen molar-refractivity contribution >= 4 is 78.6 Å². The number of benzene rings is 7. The summed E-state index contributed by atoms with van der Waals surface area (Å²) in [6.07, 6.45) is 0. The van der Waals surface area contributed by atoms with E-state index < -0.39 is 0 Å². The highest BCUT2D eigenvalue weighted by Crippen LogP contribution is 2.53. The highest BCUT2D eigenvalue weighted by molar-refractivity contribution is 7.19. The maximum absolute atomic E-state index is 7.31. The number of rotatable bonds is 4. The lowest BCUT2D eigenvalue weighted by Gasteiger charge is -2.41. The van der Waals surface area contributed by atoms with Crippen molar-refractivity contribution < 1.29 is 4.74 Å². The molecule has 3 aliphatic rings. The van der Waals surface area contributed by atoms with Crippen molar-refractivity contribution in [3.8, 4) is 22.6 Å². The molecule has 7 aromatic carbocycles. The second-order valence-corrected chi connectivity index (χ2v) is 23.0. The van der Waals surface area contributed by atoms with Gasteiger partial charge in [-0.15, -0.1) is 11.3 Å². The van der Waals surface area contributed by atoms with E-state index in [-0.39, 0.29) is 28.4 Å². The van der Waals surface area contributed by atoms with Crippen LogP contribution in [0.2, 0.25) is 0 Å². The van der Waals surface area contributed by atoms with Crippen LogP contribution < -0.4 is 30.9 Å². The van der Waals surface area contributed by atoms with E-state index in [1.54, 1.807) is 0 Å². The normalized spacial score (nSPS) is 14.7. The van der Waals surface area contributed by atoms with Crippen LogP contribution in [0.5, 0.6) is 11.5 Å². The van der Waals surface area contributed by atoms with Gasteiger partial charge in [0.05, 0.1) is 0 Å². The Morgan fingerprint density at radius 3 is 1.80 bits per heavy atom. The molecule has 0 amide bonds. The highest BCUT2D eigenvalue weighted by Gasteiger charge is 2.46. The summed E-state index contributed by atoms with van der Waals surface area (Å²) in [6.45, 7) is 25.6. The van der Waals surface area contributed by atoms with Crippen molar-refractivity contribution in [1.29, 1.82) is 0 Å². The van der Waals surface area contributed by atoms with Gasteiger partial charge in [-0.25, -0.2) is 0 Å². The van der Waals surface area contributed by atoms with Crippen molar-refractivity contribution in [2.24, 2.45) is 0 Å². The second kappa shape index (κ2) is 14.0. The van der Waals surface area contributed by atoms with Gasteiger partial charge in [-0.2, -0.15) is 0 Å². The highest BCUT2D eigenvalue weighted by atomic mass is 32.1. The lowest BCUT2D eigenvalue weighted by molar-refractivity contribution is 0.483. The van der Waals surface area contributed by atoms with Gasteiger partial charge in [0.1, 0.15) is 11.5 Å².